The molecular formula is C26H19BrClN3O5. The monoisotopic (exact) mass is 567 g/mol. The number of para-hydroxylation sites is 1. The number of nitrogens with one attached hydrogen (secondary N) is 2. The number of imide groups is 2. The molecule has 182 valence electrons. The van der Waals surface area contributed by atoms with Gasteiger partial charge in [0, 0.05) is 20.7 Å². The Morgan fingerprint density at radius 1 is 1.08 bits per heavy atom. The lowest BCUT2D eigenvalue weighted by Crippen LogP contribution is -2.54. The summed E-state index contributed by atoms with van der Waals surface area (Å²) < 4.78 is 6.44. The van der Waals surface area contributed by atoms with Gasteiger partial charge in [0.2, 0.25) is 0 Å². The molecule has 10 heteroatoms. The first-order chi connectivity index (χ1) is 17.2. The Labute approximate surface area is 220 Å². The van der Waals surface area contributed by atoms with E-state index in [2.05, 4.69) is 26.6 Å². The molecule has 1 aliphatic heterocycles. The van der Waals surface area contributed by atoms with Crippen LogP contribution in [0.25, 0.3) is 6.08 Å². The lowest BCUT2D eigenvalue weighted by atomic mass is 10.1. The van der Waals surface area contributed by atoms with Crippen molar-refractivity contribution < 1.29 is 23.9 Å². The minimum atomic E-state index is -0.861. The van der Waals surface area contributed by atoms with Crippen molar-refractivity contribution in [3.05, 3.63) is 92.9 Å². The Morgan fingerprint density at radius 3 is 2.53 bits per heavy atom. The molecule has 3 aromatic rings. The van der Waals surface area contributed by atoms with Gasteiger partial charge >= 0.3 is 6.03 Å². The van der Waals surface area contributed by atoms with Crippen LogP contribution in [0.4, 0.5) is 16.2 Å². The first-order valence-corrected chi connectivity index (χ1v) is 11.8. The quantitative estimate of drug-likeness (QED) is 0.318. The molecule has 0 aromatic heterocycles. The highest BCUT2D eigenvalue weighted by Gasteiger charge is 2.37. The third-order valence-corrected chi connectivity index (χ3v) is 6.00. The van der Waals surface area contributed by atoms with E-state index in [0.29, 0.717) is 10.7 Å². The molecule has 0 aliphatic carbocycles. The zero-order valence-corrected chi connectivity index (χ0v) is 21.2. The van der Waals surface area contributed by atoms with Gasteiger partial charge in [0.15, 0.2) is 6.61 Å². The normalized spacial score (nSPS) is 14.6. The van der Waals surface area contributed by atoms with Gasteiger partial charge in [-0.15, -0.1) is 0 Å². The number of nitrogens with zero attached hydrogens (tertiary/aromatic N) is 1. The van der Waals surface area contributed by atoms with Gasteiger partial charge in [0.1, 0.15) is 11.3 Å². The van der Waals surface area contributed by atoms with E-state index in [4.69, 9.17) is 16.3 Å². The van der Waals surface area contributed by atoms with Crippen molar-refractivity contribution in [1.82, 2.24) is 5.32 Å². The van der Waals surface area contributed by atoms with Crippen LogP contribution in [0.2, 0.25) is 5.02 Å². The van der Waals surface area contributed by atoms with Gasteiger partial charge in [-0.1, -0.05) is 45.7 Å². The Morgan fingerprint density at radius 2 is 1.81 bits per heavy atom. The van der Waals surface area contributed by atoms with Gasteiger partial charge in [0.25, 0.3) is 17.7 Å². The van der Waals surface area contributed by atoms with Gasteiger partial charge < -0.3 is 10.1 Å². The van der Waals surface area contributed by atoms with E-state index in [0.717, 1.165) is 14.9 Å². The Balaban J connectivity index is 1.58. The summed E-state index contributed by atoms with van der Waals surface area (Å²) in [6.07, 6.45) is 1.27. The molecule has 0 bridgehead atoms. The first kappa shape index (κ1) is 25.2. The number of hydrogen-bond donors (Lipinski definition) is 2. The summed E-state index contributed by atoms with van der Waals surface area (Å²) in [5.41, 5.74) is 1.83. The molecule has 1 saturated heterocycles. The van der Waals surface area contributed by atoms with Crippen molar-refractivity contribution in [3.63, 3.8) is 0 Å². The summed E-state index contributed by atoms with van der Waals surface area (Å²) in [7, 11) is 0. The molecule has 36 heavy (non-hydrogen) atoms. The number of anilines is 2. The number of aryl methyl sites for hydroxylation is 1. The maximum Gasteiger partial charge on any atom is 0.335 e. The number of benzene rings is 3. The molecular weight excluding hydrogens is 550 g/mol. The number of ether oxygens (including phenoxy) is 1. The van der Waals surface area contributed by atoms with Gasteiger partial charge in [-0.05, 0) is 67.1 Å². The van der Waals surface area contributed by atoms with Crippen molar-refractivity contribution in [2.45, 2.75) is 6.92 Å². The summed E-state index contributed by atoms with van der Waals surface area (Å²) in [6.45, 7) is 1.55. The fourth-order valence-electron chi connectivity index (χ4n) is 3.44. The second-order valence-electron chi connectivity index (χ2n) is 7.77. The highest BCUT2D eigenvalue weighted by molar-refractivity contribution is 9.10. The molecule has 0 radical (unpaired) electrons. The van der Waals surface area contributed by atoms with Gasteiger partial charge in [-0.25, -0.2) is 9.69 Å². The van der Waals surface area contributed by atoms with Crippen LogP contribution in [-0.4, -0.2) is 30.4 Å². The predicted molar refractivity (Wildman–Crippen MR) is 140 cm³/mol. The van der Waals surface area contributed by atoms with Crippen LogP contribution in [0.15, 0.2) is 76.8 Å². The molecule has 5 amide bonds. The van der Waals surface area contributed by atoms with Crippen LogP contribution in [0.5, 0.6) is 5.75 Å². The number of halogens is 2. The number of carbonyl (C=O) groups is 4. The van der Waals surface area contributed by atoms with Gasteiger partial charge in [-0.2, -0.15) is 0 Å². The van der Waals surface area contributed by atoms with Gasteiger partial charge in [0.05, 0.1) is 5.69 Å². The van der Waals surface area contributed by atoms with Crippen molar-refractivity contribution in [2.24, 2.45) is 0 Å². The first-order valence-electron chi connectivity index (χ1n) is 10.7. The van der Waals surface area contributed by atoms with E-state index in [-0.39, 0.29) is 29.2 Å². The lowest BCUT2D eigenvalue weighted by molar-refractivity contribution is -0.122. The number of amides is 5. The number of hydrogen-bond acceptors (Lipinski definition) is 5. The third kappa shape index (κ3) is 5.64. The minimum Gasteiger partial charge on any atom is -0.483 e. The van der Waals surface area contributed by atoms with E-state index in [1.807, 2.05) is 25.1 Å². The minimum absolute atomic E-state index is 0.222. The molecule has 1 heterocycles. The maximum atomic E-state index is 13.2. The van der Waals surface area contributed by atoms with Crippen molar-refractivity contribution in [1.29, 1.82) is 0 Å². The average Bonchev–Trinajstić information content (AvgIpc) is 2.84. The van der Waals surface area contributed by atoms with Crippen LogP contribution < -0.4 is 20.3 Å². The van der Waals surface area contributed by atoms with Crippen molar-refractivity contribution in [2.75, 3.05) is 16.8 Å². The number of rotatable bonds is 6. The largest absolute Gasteiger partial charge is 0.483 e. The number of urea groups is 1. The highest BCUT2D eigenvalue weighted by Crippen LogP contribution is 2.28. The van der Waals surface area contributed by atoms with Crippen LogP contribution in [-0.2, 0) is 14.4 Å². The van der Waals surface area contributed by atoms with E-state index in [1.54, 1.807) is 36.4 Å². The molecule has 1 fully saturated rings. The number of carbonyl (C=O) groups excluding carboxylic acids is 4. The summed E-state index contributed by atoms with van der Waals surface area (Å²) in [4.78, 5) is 51.4. The lowest BCUT2D eigenvalue weighted by Gasteiger charge is -2.26. The molecule has 4 rings (SSSR count). The van der Waals surface area contributed by atoms with E-state index in [1.165, 1.54) is 18.2 Å². The molecule has 0 unspecified atom stereocenters. The zero-order valence-electron chi connectivity index (χ0n) is 18.9. The average molecular weight is 569 g/mol. The second kappa shape index (κ2) is 10.8. The number of barbiturate groups is 1. The Kier molecular flexibility index (Phi) is 7.52. The molecule has 3 aromatic carbocycles. The standard InChI is InChI=1S/C26H19BrClN3O5/c1-15-4-2-3-5-21(15)29-23(32)14-36-22-11-8-18(28)12-16(22)13-20-24(33)30-26(35)31(25(20)34)19-9-6-17(27)7-10-19/h2-13H,14H2,1H3,(H,29,32)(H,30,33,35)/b20-13+. The van der Waals surface area contributed by atoms with Crippen molar-refractivity contribution in [3.8, 4) is 5.75 Å². The summed E-state index contributed by atoms with van der Waals surface area (Å²) in [5, 5.41) is 5.26. The van der Waals surface area contributed by atoms with Crippen molar-refractivity contribution >= 4 is 68.7 Å². The second-order valence-corrected chi connectivity index (χ2v) is 9.12. The molecule has 0 atom stereocenters. The molecule has 0 saturated carbocycles. The molecule has 8 nitrogen and oxygen atoms in total. The SMILES string of the molecule is Cc1ccccc1NC(=O)COc1ccc(Cl)cc1/C=C1\C(=O)NC(=O)N(c2ccc(Br)cc2)C1=O. The smallest absolute Gasteiger partial charge is 0.335 e. The van der Waals surface area contributed by atoms with E-state index in [9.17, 15) is 19.2 Å². The Hall–Kier alpha value is -3.95. The summed E-state index contributed by atoms with van der Waals surface area (Å²) in [5.74, 6) is -1.84. The summed E-state index contributed by atoms with van der Waals surface area (Å²) >= 11 is 9.44. The van der Waals surface area contributed by atoms with E-state index >= 15 is 0 Å². The van der Waals surface area contributed by atoms with E-state index < -0.39 is 23.8 Å². The molecule has 0 spiro atoms. The van der Waals surface area contributed by atoms with Crippen LogP contribution in [0.1, 0.15) is 11.1 Å². The third-order valence-electron chi connectivity index (χ3n) is 5.24. The maximum absolute atomic E-state index is 13.2. The van der Waals surface area contributed by atoms with Crippen LogP contribution >= 0.6 is 27.5 Å². The van der Waals surface area contributed by atoms with Crippen LogP contribution in [0, 0.1) is 6.92 Å². The highest BCUT2D eigenvalue weighted by atomic mass is 79.9. The fourth-order valence-corrected chi connectivity index (χ4v) is 3.89. The molecule has 2 N–H and O–H groups in total. The topological polar surface area (TPSA) is 105 Å². The van der Waals surface area contributed by atoms with Crippen LogP contribution in [0.3, 0.4) is 0 Å². The molecule has 1 aliphatic rings. The van der Waals surface area contributed by atoms with Gasteiger partial charge in [-0.3, -0.25) is 19.7 Å². The zero-order chi connectivity index (χ0) is 25.8. The predicted octanol–water partition coefficient (Wildman–Crippen LogP) is 5.09. The fraction of sp³-hybridized carbons (Fsp3) is 0.0769. The Bertz CT molecular complexity index is 1400. The summed E-state index contributed by atoms with van der Waals surface area (Å²) in [6, 6.07) is 17.5.